The number of fused-ring (bicyclic) bond motifs is 1. The van der Waals surface area contributed by atoms with Crippen molar-refractivity contribution >= 4 is 22.6 Å². The van der Waals surface area contributed by atoms with Crippen molar-refractivity contribution in [1.82, 2.24) is 5.43 Å². The molecule has 2 heterocycles. The third kappa shape index (κ3) is 3.17. The van der Waals surface area contributed by atoms with Gasteiger partial charge < -0.3 is 9.47 Å². The topological polar surface area (TPSA) is 55.2 Å². The van der Waals surface area contributed by atoms with Crippen LogP contribution in [0.5, 0.6) is 11.5 Å². The molecule has 116 valence electrons. The van der Waals surface area contributed by atoms with E-state index < -0.39 is 0 Å². The maximum absolute atomic E-state index is 5.41. The van der Waals surface area contributed by atoms with Gasteiger partial charge in [-0.25, -0.2) is 0 Å². The molecule has 0 atom stereocenters. The summed E-state index contributed by atoms with van der Waals surface area (Å²) in [6.07, 6.45) is 0. The zero-order valence-corrected chi connectivity index (χ0v) is 13.2. The van der Waals surface area contributed by atoms with Gasteiger partial charge in [0.2, 0.25) is 6.79 Å². The first-order chi connectivity index (χ1) is 11.4. The molecule has 1 N–H and O–H groups in total. The van der Waals surface area contributed by atoms with E-state index in [1.807, 2.05) is 36.4 Å². The van der Waals surface area contributed by atoms with Gasteiger partial charge in [-0.15, -0.1) is 0 Å². The predicted octanol–water partition coefficient (Wildman–Crippen LogP) is 3.01. The van der Waals surface area contributed by atoms with Crippen molar-refractivity contribution < 1.29 is 9.47 Å². The minimum absolute atomic E-state index is 0.286. The molecular weight excluding hydrogens is 310 g/mol. The van der Waals surface area contributed by atoms with Gasteiger partial charge in [0, 0.05) is 11.3 Å². The molecule has 0 spiro atoms. The number of ether oxygens (including phenoxy) is 2. The van der Waals surface area contributed by atoms with Gasteiger partial charge in [0.05, 0.1) is 12.3 Å². The summed E-state index contributed by atoms with van der Waals surface area (Å²) < 4.78 is 10.7. The molecule has 0 unspecified atom stereocenters. The average molecular weight is 325 g/mol. The summed E-state index contributed by atoms with van der Waals surface area (Å²) in [6.45, 7) is 0.944. The van der Waals surface area contributed by atoms with Crippen molar-refractivity contribution in [3.8, 4) is 11.5 Å². The summed E-state index contributed by atoms with van der Waals surface area (Å²) in [7, 11) is 0. The van der Waals surface area contributed by atoms with Crippen LogP contribution in [0.15, 0.2) is 58.6 Å². The Hall–Kier alpha value is -2.47. The summed E-state index contributed by atoms with van der Waals surface area (Å²) in [5.74, 6) is 2.34. The minimum Gasteiger partial charge on any atom is -0.454 e. The van der Waals surface area contributed by atoms with Crippen LogP contribution in [0, 0.1) is 0 Å². The number of aliphatic imine (C=N–C) groups is 1. The number of hydrogen-bond donors (Lipinski definition) is 1. The highest BCUT2D eigenvalue weighted by molar-refractivity contribution is 8.14. The summed E-state index contributed by atoms with van der Waals surface area (Å²) in [5.41, 5.74) is 6.24. The highest BCUT2D eigenvalue weighted by Crippen LogP contribution is 2.33. The molecule has 6 heteroatoms. The number of hydrogen-bond acceptors (Lipinski definition) is 5. The molecular formula is C17H15N3O2S. The fraction of sp³-hybridized carbons (Fsp3) is 0.176. The highest BCUT2D eigenvalue weighted by Gasteiger charge is 2.18. The van der Waals surface area contributed by atoms with Gasteiger partial charge in [0.15, 0.2) is 16.7 Å². The van der Waals surface area contributed by atoms with Crippen molar-refractivity contribution in [2.75, 3.05) is 12.5 Å². The van der Waals surface area contributed by atoms with E-state index in [9.17, 15) is 0 Å². The molecule has 0 amide bonds. The Kier molecular flexibility index (Phi) is 3.90. The molecule has 0 bridgehead atoms. The Morgan fingerprint density at radius 3 is 2.78 bits per heavy atom. The van der Waals surface area contributed by atoms with Crippen LogP contribution in [0.3, 0.4) is 0 Å². The second kappa shape index (κ2) is 6.34. The smallest absolute Gasteiger partial charge is 0.231 e. The van der Waals surface area contributed by atoms with E-state index in [1.165, 1.54) is 5.56 Å². The van der Waals surface area contributed by atoms with Gasteiger partial charge in [-0.05, 0) is 23.8 Å². The molecule has 0 saturated heterocycles. The normalized spacial score (nSPS) is 17.7. The molecule has 0 aliphatic carbocycles. The summed E-state index contributed by atoms with van der Waals surface area (Å²) in [6, 6.07) is 16.1. The standard InChI is InChI=1S/C17H15N3O2S/c1-2-4-12(5-3-1)9-18-17-20-19-14(10-23-17)13-6-7-15-16(8-13)22-11-21-15/h1-8H,9-11H2,(H,18,20). The van der Waals surface area contributed by atoms with Crippen LogP contribution in [-0.4, -0.2) is 23.4 Å². The first kappa shape index (κ1) is 14.1. The molecule has 0 saturated carbocycles. The van der Waals surface area contributed by atoms with Crippen molar-refractivity contribution in [2.24, 2.45) is 10.1 Å². The Morgan fingerprint density at radius 2 is 1.96 bits per heavy atom. The van der Waals surface area contributed by atoms with E-state index >= 15 is 0 Å². The summed E-state index contributed by atoms with van der Waals surface area (Å²) in [4.78, 5) is 4.56. The monoisotopic (exact) mass is 325 g/mol. The molecule has 2 aromatic rings. The summed E-state index contributed by atoms with van der Waals surface area (Å²) >= 11 is 1.65. The molecule has 2 aromatic carbocycles. The quantitative estimate of drug-likeness (QED) is 0.942. The zero-order valence-electron chi connectivity index (χ0n) is 12.4. The Bertz CT molecular complexity index is 775. The van der Waals surface area contributed by atoms with E-state index in [4.69, 9.17) is 9.47 Å². The zero-order chi connectivity index (χ0) is 15.5. The van der Waals surface area contributed by atoms with E-state index in [2.05, 4.69) is 27.7 Å². The molecule has 2 aliphatic rings. The molecule has 5 nitrogen and oxygen atoms in total. The molecule has 0 radical (unpaired) electrons. The van der Waals surface area contributed by atoms with E-state index in [1.54, 1.807) is 11.8 Å². The van der Waals surface area contributed by atoms with Gasteiger partial charge in [-0.2, -0.15) is 5.10 Å². The van der Waals surface area contributed by atoms with Crippen molar-refractivity contribution in [3.05, 3.63) is 59.7 Å². The SMILES string of the molecule is c1ccc(CN=C2NN=C(c3ccc4c(c3)OCO4)CS2)cc1. The lowest BCUT2D eigenvalue weighted by Crippen LogP contribution is -2.25. The van der Waals surface area contributed by atoms with E-state index in [0.717, 1.165) is 33.7 Å². The van der Waals surface area contributed by atoms with E-state index in [-0.39, 0.29) is 6.79 Å². The third-order valence-electron chi connectivity index (χ3n) is 3.59. The van der Waals surface area contributed by atoms with Crippen molar-refractivity contribution in [2.45, 2.75) is 6.54 Å². The molecule has 4 rings (SSSR count). The number of thioether (sulfide) groups is 1. The number of rotatable bonds is 3. The fourth-order valence-corrected chi connectivity index (χ4v) is 3.14. The Morgan fingerprint density at radius 1 is 1.09 bits per heavy atom. The largest absolute Gasteiger partial charge is 0.454 e. The molecule has 23 heavy (non-hydrogen) atoms. The lowest BCUT2D eigenvalue weighted by Gasteiger charge is -2.15. The van der Waals surface area contributed by atoms with Crippen LogP contribution in [0.4, 0.5) is 0 Å². The van der Waals surface area contributed by atoms with Crippen LogP contribution in [0.25, 0.3) is 0 Å². The van der Waals surface area contributed by atoms with Crippen LogP contribution in [0.2, 0.25) is 0 Å². The van der Waals surface area contributed by atoms with Crippen molar-refractivity contribution in [1.29, 1.82) is 0 Å². The number of hydrazone groups is 1. The molecule has 0 fully saturated rings. The number of amidine groups is 1. The number of benzene rings is 2. The van der Waals surface area contributed by atoms with Gasteiger partial charge in [0.25, 0.3) is 0 Å². The average Bonchev–Trinajstić information content (AvgIpc) is 3.09. The van der Waals surface area contributed by atoms with Crippen LogP contribution < -0.4 is 14.9 Å². The Balaban J connectivity index is 1.44. The second-order valence-corrected chi connectivity index (χ2v) is 6.10. The van der Waals surface area contributed by atoms with E-state index in [0.29, 0.717) is 6.54 Å². The Labute approximate surface area is 138 Å². The van der Waals surface area contributed by atoms with Crippen molar-refractivity contribution in [3.63, 3.8) is 0 Å². The highest BCUT2D eigenvalue weighted by atomic mass is 32.2. The fourth-order valence-electron chi connectivity index (χ4n) is 2.37. The first-order valence-electron chi connectivity index (χ1n) is 7.32. The third-order valence-corrected chi connectivity index (χ3v) is 4.50. The van der Waals surface area contributed by atoms with Crippen LogP contribution in [0.1, 0.15) is 11.1 Å². The van der Waals surface area contributed by atoms with Crippen LogP contribution in [-0.2, 0) is 6.54 Å². The summed E-state index contributed by atoms with van der Waals surface area (Å²) in [5, 5.41) is 5.28. The first-order valence-corrected chi connectivity index (χ1v) is 8.31. The number of nitrogens with zero attached hydrogens (tertiary/aromatic N) is 2. The molecule has 2 aliphatic heterocycles. The maximum atomic E-state index is 5.41. The lowest BCUT2D eigenvalue weighted by molar-refractivity contribution is 0.174. The predicted molar refractivity (Wildman–Crippen MR) is 92.3 cm³/mol. The van der Waals surface area contributed by atoms with Gasteiger partial charge in [-0.1, -0.05) is 42.1 Å². The van der Waals surface area contributed by atoms with Gasteiger partial charge in [-0.3, -0.25) is 10.4 Å². The minimum atomic E-state index is 0.286. The van der Waals surface area contributed by atoms with Gasteiger partial charge >= 0.3 is 0 Å². The lowest BCUT2D eigenvalue weighted by atomic mass is 10.1. The maximum Gasteiger partial charge on any atom is 0.231 e. The second-order valence-electron chi connectivity index (χ2n) is 5.13. The van der Waals surface area contributed by atoms with Gasteiger partial charge in [0.1, 0.15) is 0 Å². The van der Waals surface area contributed by atoms with Crippen LogP contribution >= 0.6 is 11.8 Å². The number of nitrogens with one attached hydrogen (secondary N) is 1. The molecule has 0 aromatic heterocycles.